The van der Waals surface area contributed by atoms with Gasteiger partial charge in [-0.1, -0.05) is 12.1 Å². The van der Waals surface area contributed by atoms with E-state index in [4.69, 9.17) is 4.74 Å². The summed E-state index contributed by atoms with van der Waals surface area (Å²) in [4.78, 5) is 12.0. The zero-order valence-corrected chi connectivity index (χ0v) is 13.6. The Balaban J connectivity index is 2.12. The number of fused-ring (bicyclic) bond motifs is 1. The highest BCUT2D eigenvalue weighted by molar-refractivity contribution is 5.85. The van der Waals surface area contributed by atoms with Crippen molar-refractivity contribution in [1.29, 1.82) is 0 Å². The first kappa shape index (κ1) is 16.5. The third-order valence-corrected chi connectivity index (χ3v) is 3.42. The summed E-state index contributed by atoms with van der Waals surface area (Å²) in [7, 11) is 1.73. The minimum Gasteiger partial charge on any atom is -0.490 e. The molecule has 0 aliphatic rings. The molecule has 0 aliphatic carbocycles. The van der Waals surface area contributed by atoms with Crippen LogP contribution in [0.1, 0.15) is 20.8 Å². The summed E-state index contributed by atoms with van der Waals surface area (Å²) in [5.74, 6) is 0.508. The molecule has 120 valence electrons. The second-order valence-corrected chi connectivity index (χ2v) is 6.52. The summed E-state index contributed by atoms with van der Waals surface area (Å²) >= 11 is 0. The lowest BCUT2D eigenvalue weighted by Gasteiger charge is -2.23. The van der Waals surface area contributed by atoms with Gasteiger partial charge in [0.1, 0.15) is 18.5 Å². The molecule has 1 atom stereocenters. The van der Waals surface area contributed by atoms with Gasteiger partial charge in [0.05, 0.1) is 5.52 Å². The van der Waals surface area contributed by atoms with E-state index in [9.17, 15) is 9.90 Å². The third-order valence-electron chi connectivity index (χ3n) is 3.42. The lowest BCUT2D eigenvalue weighted by Crippen LogP contribution is -2.42. The summed E-state index contributed by atoms with van der Waals surface area (Å²) in [6, 6.07) is 9.03. The van der Waals surface area contributed by atoms with Crippen molar-refractivity contribution in [2.24, 2.45) is 7.05 Å². The Labute approximate surface area is 130 Å². The molecule has 22 heavy (non-hydrogen) atoms. The minimum atomic E-state index is -0.637. The number of para-hydroxylation sites is 1. The molecule has 2 N–H and O–H groups in total. The molecule has 0 fully saturated rings. The van der Waals surface area contributed by atoms with Crippen LogP contribution in [0.5, 0.6) is 5.75 Å². The molecule has 2 aromatic rings. The highest BCUT2D eigenvalue weighted by Crippen LogP contribution is 2.23. The summed E-state index contributed by atoms with van der Waals surface area (Å²) in [6.45, 7) is 6.69. The standard InChI is InChI=1S/C17H24N2O3/c1-17(2,3)18-10-12(20)11-22-15-9-16(21)19(4)14-8-6-5-7-13(14)15/h5-9,12,18,20H,10-11H2,1-4H3. The fourth-order valence-electron chi connectivity index (χ4n) is 2.17. The maximum absolute atomic E-state index is 12.0. The Hall–Kier alpha value is -1.85. The van der Waals surface area contributed by atoms with Crippen LogP contribution in [0.25, 0.3) is 10.9 Å². The van der Waals surface area contributed by atoms with Crippen LogP contribution in [0.4, 0.5) is 0 Å². The van der Waals surface area contributed by atoms with Crippen LogP contribution < -0.4 is 15.6 Å². The number of aryl methyl sites for hydroxylation is 1. The largest absolute Gasteiger partial charge is 0.490 e. The molecular formula is C17H24N2O3. The van der Waals surface area contributed by atoms with E-state index in [1.165, 1.54) is 6.07 Å². The second kappa shape index (κ2) is 6.50. The number of nitrogens with one attached hydrogen (secondary N) is 1. The number of aromatic nitrogens is 1. The zero-order chi connectivity index (χ0) is 16.3. The van der Waals surface area contributed by atoms with Gasteiger partial charge in [-0.05, 0) is 32.9 Å². The number of hydrogen-bond acceptors (Lipinski definition) is 4. The normalized spacial score (nSPS) is 13.3. The summed E-state index contributed by atoms with van der Waals surface area (Å²) in [5, 5.41) is 14.1. The van der Waals surface area contributed by atoms with Gasteiger partial charge in [0.25, 0.3) is 5.56 Å². The van der Waals surface area contributed by atoms with E-state index in [0.717, 1.165) is 10.9 Å². The van der Waals surface area contributed by atoms with Gasteiger partial charge in [-0.15, -0.1) is 0 Å². The molecule has 0 bridgehead atoms. The van der Waals surface area contributed by atoms with Crippen molar-refractivity contribution in [1.82, 2.24) is 9.88 Å². The molecule has 0 radical (unpaired) electrons. The molecule has 5 nitrogen and oxygen atoms in total. The fourth-order valence-corrected chi connectivity index (χ4v) is 2.17. The van der Waals surface area contributed by atoms with Gasteiger partial charge in [0.2, 0.25) is 0 Å². The van der Waals surface area contributed by atoms with E-state index in [0.29, 0.717) is 12.3 Å². The predicted molar refractivity (Wildman–Crippen MR) is 88.4 cm³/mol. The van der Waals surface area contributed by atoms with Gasteiger partial charge in [-0.3, -0.25) is 4.79 Å². The molecule has 0 amide bonds. The third kappa shape index (κ3) is 4.08. The van der Waals surface area contributed by atoms with Crippen molar-refractivity contribution >= 4 is 10.9 Å². The van der Waals surface area contributed by atoms with Crippen LogP contribution in [-0.4, -0.2) is 34.5 Å². The summed E-state index contributed by atoms with van der Waals surface area (Å²) in [5.41, 5.74) is 0.624. The topological polar surface area (TPSA) is 63.5 Å². The van der Waals surface area contributed by atoms with Gasteiger partial charge < -0.3 is 19.7 Å². The van der Waals surface area contributed by atoms with Crippen LogP contribution in [-0.2, 0) is 7.05 Å². The van der Waals surface area contributed by atoms with Crippen molar-refractivity contribution < 1.29 is 9.84 Å². The van der Waals surface area contributed by atoms with Crippen LogP contribution >= 0.6 is 0 Å². The number of hydrogen-bond donors (Lipinski definition) is 2. The van der Waals surface area contributed by atoms with Crippen LogP contribution in [0.2, 0.25) is 0 Å². The zero-order valence-electron chi connectivity index (χ0n) is 13.6. The molecular weight excluding hydrogens is 280 g/mol. The Morgan fingerprint density at radius 3 is 2.68 bits per heavy atom. The monoisotopic (exact) mass is 304 g/mol. The van der Waals surface area contributed by atoms with Crippen molar-refractivity contribution in [3.05, 3.63) is 40.7 Å². The van der Waals surface area contributed by atoms with Gasteiger partial charge in [-0.25, -0.2) is 0 Å². The van der Waals surface area contributed by atoms with Crippen molar-refractivity contribution in [2.75, 3.05) is 13.2 Å². The number of pyridine rings is 1. The molecule has 1 aromatic carbocycles. The molecule has 0 saturated heterocycles. The average molecular weight is 304 g/mol. The molecule has 1 aromatic heterocycles. The van der Waals surface area contributed by atoms with Crippen molar-refractivity contribution in [3.8, 4) is 5.75 Å². The van der Waals surface area contributed by atoms with Crippen molar-refractivity contribution in [3.63, 3.8) is 0 Å². The van der Waals surface area contributed by atoms with Gasteiger partial charge >= 0.3 is 0 Å². The lowest BCUT2D eigenvalue weighted by molar-refractivity contribution is 0.101. The maximum atomic E-state index is 12.0. The van der Waals surface area contributed by atoms with Crippen molar-refractivity contribution in [2.45, 2.75) is 32.4 Å². The smallest absolute Gasteiger partial charge is 0.254 e. The maximum Gasteiger partial charge on any atom is 0.254 e. The number of ether oxygens (including phenoxy) is 1. The number of β-amino-alcohol motifs (C(OH)–C–C–N with tert-alkyl or cyclic N) is 1. The molecule has 2 rings (SSSR count). The van der Waals surface area contributed by atoms with E-state index in [1.807, 2.05) is 45.0 Å². The van der Waals surface area contributed by atoms with E-state index < -0.39 is 6.10 Å². The summed E-state index contributed by atoms with van der Waals surface area (Å²) < 4.78 is 7.26. The van der Waals surface area contributed by atoms with E-state index >= 15 is 0 Å². The number of aliphatic hydroxyl groups excluding tert-OH is 1. The predicted octanol–water partition coefficient (Wildman–Crippen LogP) is 1.67. The van der Waals surface area contributed by atoms with Crippen LogP contribution in [0, 0.1) is 0 Å². The minimum absolute atomic E-state index is 0.0592. The second-order valence-electron chi connectivity index (χ2n) is 6.52. The summed E-state index contributed by atoms with van der Waals surface area (Å²) in [6.07, 6.45) is -0.637. The van der Waals surface area contributed by atoms with E-state index in [-0.39, 0.29) is 17.7 Å². The Kier molecular flexibility index (Phi) is 4.88. The Morgan fingerprint density at radius 2 is 2.00 bits per heavy atom. The first-order chi connectivity index (χ1) is 10.3. The fraction of sp³-hybridized carbons (Fsp3) is 0.471. The lowest BCUT2D eigenvalue weighted by atomic mass is 10.1. The average Bonchev–Trinajstić information content (AvgIpc) is 2.47. The molecule has 0 saturated carbocycles. The van der Waals surface area contributed by atoms with E-state index in [2.05, 4.69) is 5.32 Å². The Bertz CT molecular complexity index is 701. The number of benzene rings is 1. The molecule has 0 spiro atoms. The van der Waals surface area contributed by atoms with E-state index in [1.54, 1.807) is 11.6 Å². The first-order valence-electron chi connectivity index (χ1n) is 7.42. The molecule has 0 aliphatic heterocycles. The highest BCUT2D eigenvalue weighted by atomic mass is 16.5. The van der Waals surface area contributed by atoms with Crippen LogP contribution in [0.15, 0.2) is 35.1 Å². The number of nitrogens with zero attached hydrogens (tertiary/aromatic N) is 1. The Morgan fingerprint density at radius 1 is 1.32 bits per heavy atom. The molecule has 1 unspecified atom stereocenters. The molecule has 1 heterocycles. The van der Waals surface area contributed by atoms with Gasteiger partial charge in [-0.2, -0.15) is 0 Å². The van der Waals surface area contributed by atoms with Gasteiger partial charge in [0, 0.05) is 30.6 Å². The number of rotatable bonds is 5. The number of aliphatic hydroxyl groups is 1. The molecule has 5 heteroatoms. The highest BCUT2D eigenvalue weighted by Gasteiger charge is 2.14. The quantitative estimate of drug-likeness (QED) is 0.882. The SMILES string of the molecule is Cn1c(=O)cc(OCC(O)CNC(C)(C)C)c2ccccc21. The first-order valence-corrected chi connectivity index (χ1v) is 7.42. The van der Waals surface area contributed by atoms with Crippen LogP contribution in [0.3, 0.4) is 0 Å². The van der Waals surface area contributed by atoms with Gasteiger partial charge in [0.15, 0.2) is 0 Å².